The van der Waals surface area contributed by atoms with Crippen molar-refractivity contribution in [1.82, 2.24) is 4.90 Å². The molecular weight excluding hydrogens is 146 g/mol. The van der Waals surface area contributed by atoms with Crippen molar-refractivity contribution in [3.63, 3.8) is 0 Å². The average molecular weight is 169 g/mol. The van der Waals surface area contributed by atoms with Gasteiger partial charge in [-0.25, -0.2) is 0 Å². The van der Waals surface area contributed by atoms with Crippen LogP contribution in [0.4, 0.5) is 0 Å². The molecule has 0 amide bonds. The Bertz CT molecular complexity index is 157. The van der Waals surface area contributed by atoms with E-state index in [0.717, 1.165) is 0 Å². The number of nitrogens with zero attached hydrogens (tertiary/aromatic N) is 1. The zero-order valence-corrected chi connectivity index (χ0v) is 9.28. The highest BCUT2D eigenvalue weighted by atomic mass is 15.1. The molecule has 1 atom stereocenters. The minimum absolute atomic E-state index is 0.486. The molecular formula is C11H23N. The van der Waals surface area contributed by atoms with Crippen LogP contribution >= 0.6 is 0 Å². The second-order valence-electron chi connectivity index (χ2n) is 6.04. The molecule has 0 aromatic carbocycles. The first-order valence-electron chi connectivity index (χ1n) is 4.99. The Labute approximate surface area is 77.1 Å². The quantitative estimate of drug-likeness (QED) is 0.583. The lowest BCUT2D eigenvalue weighted by atomic mass is 9.74. The molecule has 0 radical (unpaired) electrons. The van der Waals surface area contributed by atoms with Crippen molar-refractivity contribution in [2.24, 2.45) is 10.8 Å². The molecule has 1 saturated heterocycles. The zero-order chi connectivity index (χ0) is 9.41. The van der Waals surface area contributed by atoms with E-state index < -0.39 is 0 Å². The van der Waals surface area contributed by atoms with Crippen LogP contribution in [0.15, 0.2) is 0 Å². The summed E-state index contributed by atoms with van der Waals surface area (Å²) in [6, 6.07) is 0. The Morgan fingerprint density at radius 1 is 1.33 bits per heavy atom. The van der Waals surface area contributed by atoms with Crippen LogP contribution in [0.5, 0.6) is 0 Å². The van der Waals surface area contributed by atoms with E-state index in [9.17, 15) is 0 Å². The van der Waals surface area contributed by atoms with Gasteiger partial charge in [0.2, 0.25) is 0 Å². The summed E-state index contributed by atoms with van der Waals surface area (Å²) in [6.45, 7) is 12.0. The standard InChI is InChI=1S/C11H23N/c1-10(2,3)8-11(4)6-7-12(5)9-11/h6-9H2,1-5H3. The maximum atomic E-state index is 2.45. The van der Waals surface area contributed by atoms with Crippen LogP contribution in [0.3, 0.4) is 0 Å². The van der Waals surface area contributed by atoms with E-state index >= 15 is 0 Å². The summed E-state index contributed by atoms with van der Waals surface area (Å²) in [6.07, 6.45) is 2.73. The smallest absolute Gasteiger partial charge is 0.00330 e. The molecule has 1 heteroatoms. The van der Waals surface area contributed by atoms with Gasteiger partial charge in [-0.2, -0.15) is 0 Å². The van der Waals surface area contributed by atoms with E-state index in [1.165, 1.54) is 25.9 Å². The Morgan fingerprint density at radius 2 is 1.92 bits per heavy atom. The molecule has 0 bridgehead atoms. The van der Waals surface area contributed by atoms with E-state index in [1.54, 1.807) is 0 Å². The predicted octanol–water partition coefficient (Wildman–Crippen LogP) is 2.76. The van der Waals surface area contributed by atoms with Crippen LogP contribution in [0.1, 0.15) is 40.5 Å². The lowest BCUT2D eigenvalue weighted by Crippen LogP contribution is -2.26. The van der Waals surface area contributed by atoms with E-state index in [-0.39, 0.29) is 0 Å². The number of rotatable bonds is 1. The second-order valence-corrected chi connectivity index (χ2v) is 6.04. The van der Waals surface area contributed by atoms with E-state index in [1.807, 2.05) is 0 Å². The summed E-state index contributed by atoms with van der Waals surface area (Å²) in [5.74, 6) is 0. The largest absolute Gasteiger partial charge is 0.306 e. The van der Waals surface area contributed by atoms with Crippen molar-refractivity contribution in [2.75, 3.05) is 20.1 Å². The Hall–Kier alpha value is -0.0400. The van der Waals surface area contributed by atoms with Gasteiger partial charge in [0, 0.05) is 6.54 Å². The molecule has 0 aromatic rings. The molecule has 72 valence electrons. The van der Waals surface area contributed by atoms with Gasteiger partial charge in [0.1, 0.15) is 0 Å². The third-order valence-corrected chi connectivity index (χ3v) is 2.71. The van der Waals surface area contributed by atoms with Gasteiger partial charge in [0.25, 0.3) is 0 Å². The molecule has 1 aliphatic rings. The summed E-state index contributed by atoms with van der Waals surface area (Å²) >= 11 is 0. The van der Waals surface area contributed by atoms with Gasteiger partial charge in [-0.15, -0.1) is 0 Å². The molecule has 0 saturated carbocycles. The van der Waals surface area contributed by atoms with Crippen LogP contribution in [0.2, 0.25) is 0 Å². The number of likely N-dealkylation sites (tertiary alicyclic amines) is 1. The van der Waals surface area contributed by atoms with Gasteiger partial charge in [-0.3, -0.25) is 0 Å². The zero-order valence-electron chi connectivity index (χ0n) is 9.28. The van der Waals surface area contributed by atoms with Gasteiger partial charge < -0.3 is 4.90 Å². The fraction of sp³-hybridized carbons (Fsp3) is 1.00. The number of hydrogen-bond donors (Lipinski definition) is 0. The van der Waals surface area contributed by atoms with Crippen molar-refractivity contribution in [1.29, 1.82) is 0 Å². The molecule has 1 heterocycles. The highest BCUT2D eigenvalue weighted by Gasteiger charge is 2.35. The summed E-state index contributed by atoms with van der Waals surface area (Å²) in [7, 11) is 2.23. The summed E-state index contributed by atoms with van der Waals surface area (Å²) in [5.41, 5.74) is 1.06. The Balaban J connectivity index is 2.51. The van der Waals surface area contributed by atoms with Crippen molar-refractivity contribution in [3.8, 4) is 0 Å². The van der Waals surface area contributed by atoms with Gasteiger partial charge in [-0.1, -0.05) is 27.7 Å². The molecule has 0 aromatic heterocycles. The van der Waals surface area contributed by atoms with Crippen LogP contribution in [-0.4, -0.2) is 25.0 Å². The maximum absolute atomic E-state index is 2.45. The first-order valence-corrected chi connectivity index (χ1v) is 4.99. The topological polar surface area (TPSA) is 3.24 Å². The van der Waals surface area contributed by atoms with Crippen LogP contribution in [-0.2, 0) is 0 Å². The van der Waals surface area contributed by atoms with Crippen molar-refractivity contribution in [2.45, 2.75) is 40.5 Å². The van der Waals surface area contributed by atoms with Crippen LogP contribution in [0, 0.1) is 10.8 Å². The molecule has 1 aliphatic heterocycles. The third-order valence-electron chi connectivity index (χ3n) is 2.71. The van der Waals surface area contributed by atoms with Gasteiger partial charge in [0.05, 0.1) is 0 Å². The lowest BCUT2D eigenvalue weighted by Gasteiger charge is -2.31. The highest BCUT2D eigenvalue weighted by molar-refractivity contribution is 4.88. The first kappa shape index (κ1) is 10.0. The summed E-state index contributed by atoms with van der Waals surface area (Å²) < 4.78 is 0. The predicted molar refractivity (Wildman–Crippen MR) is 54.3 cm³/mol. The van der Waals surface area contributed by atoms with Crippen molar-refractivity contribution >= 4 is 0 Å². The molecule has 12 heavy (non-hydrogen) atoms. The van der Waals surface area contributed by atoms with E-state index in [2.05, 4.69) is 39.6 Å². The Morgan fingerprint density at radius 3 is 2.25 bits per heavy atom. The second kappa shape index (κ2) is 3.02. The van der Waals surface area contributed by atoms with Gasteiger partial charge in [-0.05, 0) is 37.3 Å². The molecule has 0 aliphatic carbocycles. The minimum Gasteiger partial charge on any atom is -0.306 e. The molecule has 1 rings (SSSR count). The summed E-state index contributed by atoms with van der Waals surface area (Å²) in [5, 5.41) is 0. The van der Waals surface area contributed by atoms with Crippen LogP contribution < -0.4 is 0 Å². The molecule has 1 fully saturated rings. The van der Waals surface area contributed by atoms with Gasteiger partial charge >= 0.3 is 0 Å². The molecule has 0 N–H and O–H groups in total. The van der Waals surface area contributed by atoms with Crippen molar-refractivity contribution < 1.29 is 0 Å². The van der Waals surface area contributed by atoms with Crippen molar-refractivity contribution in [3.05, 3.63) is 0 Å². The molecule has 1 nitrogen and oxygen atoms in total. The lowest BCUT2D eigenvalue weighted by molar-refractivity contribution is 0.196. The van der Waals surface area contributed by atoms with E-state index in [4.69, 9.17) is 0 Å². The SMILES string of the molecule is CN1CCC(C)(CC(C)(C)C)C1. The van der Waals surface area contributed by atoms with E-state index in [0.29, 0.717) is 10.8 Å². The maximum Gasteiger partial charge on any atom is 0.00330 e. The normalized spacial score (nSPS) is 32.8. The minimum atomic E-state index is 0.486. The highest BCUT2D eigenvalue weighted by Crippen LogP contribution is 2.39. The number of hydrogen-bond acceptors (Lipinski definition) is 1. The first-order chi connectivity index (χ1) is 5.31. The average Bonchev–Trinajstić information content (AvgIpc) is 2.05. The monoisotopic (exact) mass is 169 g/mol. The Kier molecular flexibility index (Phi) is 2.53. The fourth-order valence-electron chi connectivity index (χ4n) is 2.70. The molecule has 0 spiro atoms. The van der Waals surface area contributed by atoms with Gasteiger partial charge in [0.15, 0.2) is 0 Å². The fourth-order valence-corrected chi connectivity index (χ4v) is 2.70. The molecule has 1 unspecified atom stereocenters. The third kappa shape index (κ3) is 2.78. The summed E-state index contributed by atoms with van der Waals surface area (Å²) in [4.78, 5) is 2.45. The van der Waals surface area contributed by atoms with Crippen LogP contribution in [0.25, 0.3) is 0 Å².